The van der Waals surface area contributed by atoms with Crippen LogP contribution >= 0.6 is 0 Å². The number of amides is 1. The molecule has 9 heteroatoms. The summed E-state index contributed by atoms with van der Waals surface area (Å²) in [7, 11) is -4.54. The molecule has 0 aliphatic rings. The summed E-state index contributed by atoms with van der Waals surface area (Å²) in [6, 6.07) is 4.36. The number of carbonyl (C=O) groups is 2. The van der Waals surface area contributed by atoms with Gasteiger partial charge in [0.2, 0.25) is 0 Å². The van der Waals surface area contributed by atoms with Crippen molar-refractivity contribution in [3.63, 3.8) is 0 Å². The van der Waals surface area contributed by atoms with Gasteiger partial charge < -0.3 is 15.2 Å². The highest BCUT2D eigenvalue weighted by Crippen LogP contribution is 2.17. The van der Waals surface area contributed by atoms with Crippen molar-refractivity contribution < 1.29 is 32.4 Å². The summed E-state index contributed by atoms with van der Waals surface area (Å²) in [6.45, 7) is 2.02. The van der Waals surface area contributed by atoms with Crippen LogP contribution < -0.4 is 10.1 Å². The van der Waals surface area contributed by atoms with E-state index < -0.39 is 33.8 Å². The summed E-state index contributed by atoms with van der Waals surface area (Å²) in [5.74, 6) is -3.26. The topological polar surface area (TPSA) is 130 Å². The van der Waals surface area contributed by atoms with Crippen LogP contribution in [-0.4, -0.2) is 48.4 Å². The Morgan fingerprint density at radius 3 is 2.48 bits per heavy atom. The van der Waals surface area contributed by atoms with Crippen molar-refractivity contribution in [2.45, 2.75) is 13.0 Å². The van der Waals surface area contributed by atoms with Gasteiger partial charge in [-0.3, -0.25) is 9.35 Å². The zero-order valence-corrected chi connectivity index (χ0v) is 12.0. The van der Waals surface area contributed by atoms with Crippen LogP contribution in [-0.2, 0) is 14.9 Å². The number of ether oxygens (including phenoxy) is 1. The Bertz CT molecular complexity index is 626. The third-order valence-electron chi connectivity index (χ3n) is 2.41. The number of rotatable bonds is 7. The van der Waals surface area contributed by atoms with Gasteiger partial charge in [-0.15, -0.1) is 0 Å². The lowest BCUT2D eigenvalue weighted by Gasteiger charge is -2.14. The van der Waals surface area contributed by atoms with Crippen LogP contribution in [0.1, 0.15) is 17.3 Å². The number of carboxylic acids is 1. The van der Waals surface area contributed by atoms with Gasteiger partial charge in [0.1, 0.15) is 17.5 Å². The van der Waals surface area contributed by atoms with E-state index in [0.29, 0.717) is 6.61 Å². The Labute approximate surface area is 121 Å². The van der Waals surface area contributed by atoms with Gasteiger partial charge >= 0.3 is 5.97 Å². The van der Waals surface area contributed by atoms with Crippen LogP contribution in [0.3, 0.4) is 0 Å². The number of benzene rings is 1. The predicted molar refractivity (Wildman–Crippen MR) is 72.9 cm³/mol. The summed E-state index contributed by atoms with van der Waals surface area (Å²) in [5, 5.41) is 10.9. The molecule has 0 bridgehead atoms. The number of aliphatic carboxylic acids is 1. The highest BCUT2D eigenvalue weighted by Gasteiger charge is 2.27. The molecule has 0 aliphatic heterocycles. The first-order valence-electron chi connectivity index (χ1n) is 5.95. The van der Waals surface area contributed by atoms with E-state index in [4.69, 9.17) is 14.4 Å². The van der Waals surface area contributed by atoms with Gasteiger partial charge in [0, 0.05) is 0 Å². The molecule has 1 atom stereocenters. The number of nitrogens with one attached hydrogen (secondary N) is 1. The summed E-state index contributed by atoms with van der Waals surface area (Å²) < 4.78 is 35.4. The molecule has 0 radical (unpaired) electrons. The molecule has 116 valence electrons. The second kappa shape index (κ2) is 7.04. The molecule has 0 aromatic heterocycles. The Balaban J connectivity index is 2.95. The van der Waals surface area contributed by atoms with E-state index in [-0.39, 0.29) is 11.3 Å². The Morgan fingerprint density at radius 2 is 1.95 bits per heavy atom. The number of para-hydroxylation sites is 1. The molecular formula is C12H15NO7S. The summed E-state index contributed by atoms with van der Waals surface area (Å²) >= 11 is 0. The van der Waals surface area contributed by atoms with Gasteiger partial charge in [-0.1, -0.05) is 12.1 Å². The lowest BCUT2D eigenvalue weighted by molar-refractivity contribution is -0.138. The van der Waals surface area contributed by atoms with E-state index in [2.05, 4.69) is 0 Å². The van der Waals surface area contributed by atoms with Crippen molar-refractivity contribution in [3.05, 3.63) is 29.8 Å². The first kappa shape index (κ1) is 16.9. The van der Waals surface area contributed by atoms with Crippen LogP contribution in [0.25, 0.3) is 0 Å². The molecular weight excluding hydrogens is 302 g/mol. The molecule has 1 amide bonds. The van der Waals surface area contributed by atoms with Crippen LogP contribution in [0, 0.1) is 0 Å². The third kappa shape index (κ3) is 5.40. The normalized spacial score (nSPS) is 12.5. The maximum Gasteiger partial charge on any atom is 0.327 e. The second-order valence-corrected chi connectivity index (χ2v) is 5.54. The average molecular weight is 317 g/mol. The summed E-state index contributed by atoms with van der Waals surface area (Å²) in [4.78, 5) is 22.9. The SMILES string of the molecule is CCOc1ccccc1C(=O)NC(CS(=O)(=O)O)C(=O)O. The third-order valence-corrected chi connectivity index (χ3v) is 3.17. The number of hydrogen-bond acceptors (Lipinski definition) is 5. The van der Waals surface area contributed by atoms with Crippen LogP contribution in [0.5, 0.6) is 5.75 Å². The van der Waals surface area contributed by atoms with Crippen molar-refractivity contribution in [2.75, 3.05) is 12.4 Å². The van der Waals surface area contributed by atoms with Gasteiger partial charge in [-0.05, 0) is 19.1 Å². The maximum absolute atomic E-state index is 12.0. The van der Waals surface area contributed by atoms with Crippen molar-refractivity contribution in [1.29, 1.82) is 0 Å². The Hall–Kier alpha value is -2.13. The molecule has 0 saturated heterocycles. The van der Waals surface area contributed by atoms with Crippen molar-refractivity contribution in [2.24, 2.45) is 0 Å². The molecule has 0 heterocycles. The minimum absolute atomic E-state index is 0.0703. The average Bonchev–Trinajstić information content (AvgIpc) is 2.37. The minimum atomic E-state index is -4.54. The second-order valence-electron chi connectivity index (χ2n) is 4.04. The molecule has 0 aliphatic carbocycles. The van der Waals surface area contributed by atoms with Crippen molar-refractivity contribution in [1.82, 2.24) is 5.32 Å². The first-order valence-corrected chi connectivity index (χ1v) is 7.56. The number of carbonyl (C=O) groups excluding carboxylic acids is 1. The van der Waals surface area contributed by atoms with E-state index in [0.717, 1.165) is 0 Å². The zero-order valence-electron chi connectivity index (χ0n) is 11.1. The van der Waals surface area contributed by atoms with E-state index in [9.17, 15) is 18.0 Å². The smallest absolute Gasteiger partial charge is 0.327 e. The summed E-state index contributed by atoms with van der Waals surface area (Å²) in [6.07, 6.45) is 0. The quantitative estimate of drug-likeness (QED) is 0.610. The fourth-order valence-electron chi connectivity index (χ4n) is 1.56. The van der Waals surface area contributed by atoms with Gasteiger partial charge in [0.15, 0.2) is 0 Å². The fourth-order valence-corrected chi connectivity index (χ4v) is 2.20. The van der Waals surface area contributed by atoms with Gasteiger partial charge in [-0.2, -0.15) is 8.42 Å². The molecule has 1 rings (SSSR count). The number of carboxylic acid groups (broad SMARTS) is 1. The molecule has 1 aromatic rings. The van der Waals surface area contributed by atoms with Crippen molar-refractivity contribution in [3.8, 4) is 5.75 Å². The van der Waals surface area contributed by atoms with Gasteiger partial charge in [0.05, 0.1) is 12.2 Å². The van der Waals surface area contributed by atoms with E-state index in [1.165, 1.54) is 12.1 Å². The monoisotopic (exact) mass is 317 g/mol. The predicted octanol–water partition coefficient (Wildman–Crippen LogP) is 0.156. The van der Waals surface area contributed by atoms with E-state index in [1.807, 2.05) is 5.32 Å². The lowest BCUT2D eigenvalue weighted by atomic mass is 10.1. The van der Waals surface area contributed by atoms with E-state index in [1.54, 1.807) is 19.1 Å². The highest BCUT2D eigenvalue weighted by atomic mass is 32.2. The van der Waals surface area contributed by atoms with E-state index >= 15 is 0 Å². The molecule has 21 heavy (non-hydrogen) atoms. The van der Waals surface area contributed by atoms with Crippen molar-refractivity contribution >= 4 is 22.0 Å². The molecule has 1 unspecified atom stereocenters. The molecule has 8 nitrogen and oxygen atoms in total. The maximum atomic E-state index is 12.0. The Kier molecular flexibility index (Phi) is 5.68. The Morgan fingerprint density at radius 1 is 1.33 bits per heavy atom. The standard InChI is InChI=1S/C12H15NO7S/c1-2-20-10-6-4-3-5-8(10)11(14)13-9(12(15)16)7-21(17,18)19/h3-6,9H,2,7H2,1H3,(H,13,14)(H,15,16)(H,17,18,19). The highest BCUT2D eigenvalue weighted by molar-refractivity contribution is 7.85. The largest absolute Gasteiger partial charge is 0.493 e. The minimum Gasteiger partial charge on any atom is -0.493 e. The summed E-state index contributed by atoms with van der Waals surface area (Å²) in [5.41, 5.74) is 0.0703. The fraction of sp³-hybridized carbons (Fsp3) is 0.333. The first-order chi connectivity index (χ1) is 9.74. The number of hydrogen-bond donors (Lipinski definition) is 3. The molecule has 3 N–H and O–H groups in total. The molecule has 1 aromatic carbocycles. The molecule has 0 fully saturated rings. The van der Waals surface area contributed by atoms with Crippen LogP contribution in [0.4, 0.5) is 0 Å². The van der Waals surface area contributed by atoms with Gasteiger partial charge in [0.25, 0.3) is 16.0 Å². The van der Waals surface area contributed by atoms with Crippen LogP contribution in [0.2, 0.25) is 0 Å². The molecule has 0 saturated carbocycles. The zero-order chi connectivity index (χ0) is 16.0. The van der Waals surface area contributed by atoms with Crippen LogP contribution in [0.15, 0.2) is 24.3 Å². The van der Waals surface area contributed by atoms with Gasteiger partial charge in [-0.25, -0.2) is 4.79 Å². The lowest BCUT2D eigenvalue weighted by Crippen LogP contribution is -2.45. The molecule has 0 spiro atoms.